The highest BCUT2D eigenvalue weighted by Crippen LogP contribution is 2.28. The van der Waals surface area contributed by atoms with Gasteiger partial charge in [-0.1, -0.05) is 76.6 Å². The van der Waals surface area contributed by atoms with Crippen LogP contribution in [-0.2, 0) is 6.42 Å². The summed E-state index contributed by atoms with van der Waals surface area (Å²) in [5.74, 6) is 0.911. The maximum atomic E-state index is 4.41. The van der Waals surface area contributed by atoms with Gasteiger partial charge in [0.1, 0.15) is 5.82 Å². The van der Waals surface area contributed by atoms with Crippen LogP contribution in [0.5, 0.6) is 0 Å². The third-order valence-corrected chi connectivity index (χ3v) is 4.69. The number of aromatic nitrogens is 2. The lowest BCUT2D eigenvalue weighted by atomic mass is 9.96. The first-order chi connectivity index (χ1) is 12.3. The number of nitrogens with one attached hydrogen (secondary N) is 1. The molecule has 3 heteroatoms. The molecule has 0 aliphatic carbocycles. The Hall–Kier alpha value is -2.65. The zero-order valence-corrected chi connectivity index (χ0v) is 15.2. The lowest BCUT2D eigenvalue weighted by Crippen LogP contribution is -1.94. The van der Waals surface area contributed by atoms with Crippen LogP contribution in [0.2, 0.25) is 0 Å². The molecule has 4 aromatic rings. The highest BCUT2D eigenvalue weighted by Gasteiger charge is 2.09. The van der Waals surface area contributed by atoms with Crippen LogP contribution >= 0.6 is 15.9 Å². The van der Waals surface area contributed by atoms with Crippen molar-refractivity contribution in [3.8, 4) is 22.5 Å². The zero-order valence-electron chi connectivity index (χ0n) is 13.6. The highest BCUT2D eigenvalue weighted by atomic mass is 79.9. The Morgan fingerprint density at radius 2 is 1.64 bits per heavy atom. The van der Waals surface area contributed by atoms with Gasteiger partial charge in [0.25, 0.3) is 0 Å². The predicted octanol–water partition coefficient (Wildman–Crippen LogP) is 6.10. The number of H-pyrrole nitrogens is 1. The summed E-state index contributed by atoms with van der Waals surface area (Å²) < 4.78 is 1.10. The van der Waals surface area contributed by atoms with Gasteiger partial charge in [-0.2, -0.15) is 0 Å². The first kappa shape index (κ1) is 15.9. The van der Waals surface area contributed by atoms with Crippen molar-refractivity contribution in [2.24, 2.45) is 0 Å². The van der Waals surface area contributed by atoms with Crippen molar-refractivity contribution in [2.45, 2.75) is 6.42 Å². The fourth-order valence-corrected chi connectivity index (χ4v) is 3.63. The van der Waals surface area contributed by atoms with Gasteiger partial charge < -0.3 is 4.98 Å². The number of hydrogen-bond donors (Lipinski definition) is 1. The molecule has 0 saturated carbocycles. The van der Waals surface area contributed by atoms with Gasteiger partial charge in [-0.05, 0) is 40.8 Å². The average Bonchev–Trinajstić information content (AvgIpc) is 3.17. The summed E-state index contributed by atoms with van der Waals surface area (Å²) >= 11 is 3.66. The molecule has 0 atom stereocenters. The fraction of sp³-hybridized carbons (Fsp3) is 0.0455. The molecule has 0 fully saturated rings. The molecule has 25 heavy (non-hydrogen) atoms. The smallest absolute Gasteiger partial charge is 0.137 e. The minimum Gasteiger partial charge on any atom is -0.345 e. The van der Waals surface area contributed by atoms with E-state index in [0.29, 0.717) is 0 Å². The summed E-state index contributed by atoms with van der Waals surface area (Å²) in [5, 5.41) is 0. The van der Waals surface area contributed by atoms with Gasteiger partial charge in [0.15, 0.2) is 0 Å². The van der Waals surface area contributed by atoms with Crippen LogP contribution < -0.4 is 0 Å². The molecule has 1 aromatic heterocycles. The number of nitrogens with zero attached hydrogens (tertiary/aromatic N) is 1. The largest absolute Gasteiger partial charge is 0.345 e. The molecule has 0 amide bonds. The van der Waals surface area contributed by atoms with E-state index in [1.165, 1.54) is 22.3 Å². The minimum atomic E-state index is 0.857. The standard InChI is InChI=1S/C22H17BrN2/c23-20-14-16(13-19(15-20)17-6-2-1-3-7-17)12-18-8-4-5-9-21(18)22-24-10-11-25-22/h1-11,13-15H,12H2,(H,24,25). The fourth-order valence-electron chi connectivity index (χ4n) is 3.09. The Labute approximate surface area is 155 Å². The Morgan fingerprint density at radius 3 is 2.44 bits per heavy atom. The van der Waals surface area contributed by atoms with Crippen molar-refractivity contribution in [1.29, 1.82) is 0 Å². The van der Waals surface area contributed by atoms with Gasteiger partial charge in [0, 0.05) is 22.4 Å². The molecule has 0 spiro atoms. The van der Waals surface area contributed by atoms with Crippen LogP contribution in [0.3, 0.4) is 0 Å². The van der Waals surface area contributed by atoms with E-state index in [-0.39, 0.29) is 0 Å². The lowest BCUT2D eigenvalue weighted by Gasteiger charge is -2.10. The topological polar surface area (TPSA) is 28.7 Å². The third-order valence-electron chi connectivity index (χ3n) is 4.23. The molecule has 0 unspecified atom stereocenters. The summed E-state index contributed by atoms with van der Waals surface area (Å²) in [6.07, 6.45) is 4.51. The van der Waals surface area contributed by atoms with E-state index in [2.05, 4.69) is 92.6 Å². The summed E-state index contributed by atoms with van der Waals surface area (Å²) in [6.45, 7) is 0. The molecular formula is C22H17BrN2. The van der Waals surface area contributed by atoms with Crippen molar-refractivity contribution in [2.75, 3.05) is 0 Å². The first-order valence-electron chi connectivity index (χ1n) is 8.22. The predicted molar refractivity (Wildman–Crippen MR) is 106 cm³/mol. The normalized spacial score (nSPS) is 10.8. The Bertz CT molecular complexity index is 976. The van der Waals surface area contributed by atoms with Crippen LogP contribution in [0.4, 0.5) is 0 Å². The van der Waals surface area contributed by atoms with Crippen molar-refractivity contribution in [1.82, 2.24) is 9.97 Å². The number of rotatable bonds is 4. The molecule has 122 valence electrons. The number of halogens is 1. The Kier molecular flexibility index (Phi) is 4.49. The Morgan fingerprint density at radius 1 is 0.840 bits per heavy atom. The van der Waals surface area contributed by atoms with Gasteiger partial charge in [-0.25, -0.2) is 4.98 Å². The SMILES string of the molecule is Brc1cc(Cc2ccccc2-c2ncc[nH]2)cc(-c2ccccc2)c1. The van der Waals surface area contributed by atoms with E-state index in [1.54, 1.807) is 6.20 Å². The van der Waals surface area contributed by atoms with E-state index >= 15 is 0 Å². The number of aromatic amines is 1. The molecule has 3 aromatic carbocycles. The molecule has 0 aliphatic rings. The molecule has 0 aliphatic heterocycles. The van der Waals surface area contributed by atoms with Crippen molar-refractivity contribution in [3.05, 3.63) is 101 Å². The van der Waals surface area contributed by atoms with Crippen LogP contribution in [-0.4, -0.2) is 9.97 Å². The summed E-state index contributed by atoms with van der Waals surface area (Å²) in [5.41, 5.74) is 6.13. The second-order valence-electron chi connectivity index (χ2n) is 5.99. The first-order valence-corrected chi connectivity index (χ1v) is 9.01. The molecule has 0 bridgehead atoms. The number of hydrogen-bond acceptors (Lipinski definition) is 1. The third kappa shape index (κ3) is 3.57. The molecule has 4 rings (SSSR count). The van der Waals surface area contributed by atoms with Crippen molar-refractivity contribution >= 4 is 15.9 Å². The minimum absolute atomic E-state index is 0.857. The van der Waals surface area contributed by atoms with E-state index in [9.17, 15) is 0 Å². The van der Waals surface area contributed by atoms with E-state index in [0.717, 1.165) is 22.3 Å². The maximum absolute atomic E-state index is 4.41. The van der Waals surface area contributed by atoms with Gasteiger partial charge >= 0.3 is 0 Å². The second kappa shape index (κ2) is 7.08. The van der Waals surface area contributed by atoms with Crippen LogP contribution in [0, 0.1) is 0 Å². The maximum Gasteiger partial charge on any atom is 0.137 e. The van der Waals surface area contributed by atoms with Crippen LogP contribution in [0.15, 0.2) is 89.7 Å². The van der Waals surface area contributed by atoms with Crippen LogP contribution in [0.1, 0.15) is 11.1 Å². The second-order valence-corrected chi connectivity index (χ2v) is 6.90. The average molecular weight is 389 g/mol. The molecule has 2 nitrogen and oxygen atoms in total. The summed E-state index contributed by atoms with van der Waals surface area (Å²) in [7, 11) is 0. The van der Waals surface area contributed by atoms with Gasteiger partial charge in [0.05, 0.1) is 0 Å². The molecular weight excluding hydrogens is 372 g/mol. The monoisotopic (exact) mass is 388 g/mol. The lowest BCUT2D eigenvalue weighted by molar-refractivity contribution is 1.17. The van der Waals surface area contributed by atoms with E-state index < -0.39 is 0 Å². The highest BCUT2D eigenvalue weighted by molar-refractivity contribution is 9.10. The number of benzene rings is 3. The molecule has 1 heterocycles. The van der Waals surface area contributed by atoms with E-state index in [4.69, 9.17) is 0 Å². The Balaban J connectivity index is 1.72. The van der Waals surface area contributed by atoms with Gasteiger partial charge in [-0.3, -0.25) is 0 Å². The van der Waals surface area contributed by atoms with Crippen molar-refractivity contribution in [3.63, 3.8) is 0 Å². The summed E-state index contributed by atoms with van der Waals surface area (Å²) in [4.78, 5) is 7.61. The van der Waals surface area contributed by atoms with Gasteiger partial charge in [0.2, 0.25) is 0 Å². The van der Waals surface area contributed by atoms with Gasteiger partial charge in [-0.15, -0.1) is 0 Å². The zero-order chi connectivity index (χ0) is 17.1. The van der Waals surface area contributed by atoms with Crippen LogP contribution in [0.25, 0.3) is 22.5 Å². The quantitative estimate of drug-likeness (QED) is 0.449. The molecule has 0 radical (unpaired) electrons. The number of imidazole rings is 1. The van der Waals surface area contributed by atoms with E-state index in [1.807, 2.05) is 12.3 Å². The molecule has 0 saturated heterocycles. The molecule has 1 N–H and O–H groups in total. The van der Waals surface area contributed by atoms with Crippen molar-refractivity contribution < 1.29 is 0 Å². The summed E-state index contributed by atoms with van der Waals surface area (Å²) in [6, 6.07) is 25.5.